The van der Waals surface area contributed by atoms with Crippen molar-refractivity contribution >= 4 is 0 Å². The Bertz CT molecular complexity index is 341. The van der Waals surface area contributed by atoms with Gasteiger partial charge in [-0.05, 0) is 52.9 Å². The van der Waals surface area contributed by atoms with Gasteiger partial charge in [0.05, 0.1) is 5.60 Å². The molecule has 0 aliphatic carbocycles. The summed E-state index contributed by atoms with van der Waals surface area (Å²) in [5, 5.41) is 19.9. The van der Waals surface area contributed by atoms with Crippen molar-refractivity contribution < 1.29 is 10.2 Å². The lowest BCUT2D eigenvalue weighted by Crippen LogP contribution is -2.33. The Hall–Kier alpha value is -0.780. The molecule has 0 aromatic carbocycles. The lowest BCUT2D eigenvalue weighted by atomic mass is 9.79. The molecule has 0 heterocycles. The maximum Gasteiger partial charge on any atom is 0.128 e. The van der Waals surface area contributed by atoms with Gasteiger partial charge in [-0.1, -0.05) is 37.8 Å². The highest BCUT2D eigenvalue weighted by Gasteiger charge is 2.30. The Balaban J connectivity index is 4.24. The quantitative estimate of drug-likeness (QED) is 0.496. The highest BCUT2D eigenvalue weighted by atomic mass is 16.3. The summed E-state index contributed by atoms with van der Waals surface area (Å²) in [4.78, 5) is 0. The van der Waals surface area contributed by atoms with Crippen LogP contribution in [0.1, 0.15) is 66.7 Å². The molecule has 3 unspecified atom stereocenters. The first kappa shape index (κ1) is 19.2. The number of rotatable bonds is 9. The van der Waals surface area contributed by atoms with Crippen LogP contribution in [0, 0.1) is 24.2 Å². The van der Waals surface area contributed by atoms with Crippen molar-refractivity contribution in [1.29, 1.82) is 0 Å². The fraction of sp³-hybridized carbons (Fsp3) is 0.778. The Morgan fingerprint density at radius 1 is 1.20 bits per heavy atom. The van der Waals surface area contributed by atoms with Gasteiger partial charge in [0, 0.05) is 5.92 Å². The molecule has 0 amide bonds. The van der Waals surface area contributed by atoms with E-state index in [9.17, 15) is 10.2 Å². The second-order valence-corrected chi connectivity index (χ2v) is 7.08. The molecule has 0 spiro atoms. The number of aliphatic hydroxyl groups is 2. The first-order valence-electron chi connectivity index (χ1n) is 7.57. The number of hydrogen-bond acceptors (Lipinski definition) is 2. The van der Waals surface area contributed by atoms with E-state index in [0.717, 1.165) is 37.7 Å². The van der Waals surface area contributed by atoms with Gasteiger partial charge in [-0.15, -0.1) is 6.42 Å². The van der Waals surface area contributed by atoms with Crippen molar-refractivity contribution in [1.82, 2.24) is 0 Å². The molecular weight excluding hydrogens is 248 g/mol. The van der Waals surface area contributed by atoms with E-state index in [1.54, 1.807) is 6.92 Å². The molecule has 0 aromatic heterocycles. The van der Waals surface area contributed by atoms with Crippen molar-refractivity contribution in [3.8, 4) is 12.3 Å². The van der Waals surface area contributed by atoms with Crippen LogP contribution in [0.15, 0.2) is 12.2 Å². The zero-order valence-corrected chi connectivity index (χ0v) is 13.9. The van der Waals surface area contributed by atoms with E-state index in [4.69, 9.17) is 6.42 Å². The minimum atomic E-state index is -1.11. The van der Waals surface area contributed by atoms with Crippen LogP contribution in [-0.2, 0) is 0 Å². The van der Waals surface area contributed by atoms with Gasteiger partial charge in [0.1, 0.15) is 5.60 Å². The molecule has 0 aliphatic rings. The van der Waals surface area contributed by atoms with E-state index in [1.807, 2.05) is 20.8 Å². The molecule has 0 saturated carbocycles. The van der Waals surface area contributed by atoms with Gasteiger partial charge in [0.2, 0.25) is 0 Å². The molecule has 0 rings (SSSR count). The SMILES string of the molecule is C#CC(C)(O)C(CCC(C)CCCC(C)(C)O)C(=C)C. The average Bonchev–Trinajstić information content (AvgIpc) is 2.26. The molecule has 0 bridgehead atoms. The molecule has 116 valence electrons. The van der Waals surface area contributed by atoms with Crippen molar-refractivity contribution in [3.63, 3.8) is 0 Å². The molecule has 3 atom stereocenters. The molecule has 0 radical (unpaired) electrons. The fourth-order valence-corrected chi connectivity index (χ4v) is 2.59. The van der Waals surface area contributed by atoms with Gasteiger partial charge >= 0.3 is 0 Å². The number of terminal acetylenes is 1. The van der Waals surface area contributed by atoms with Crippen LogP contribution in [0.3, 0.4) is 0 Å². The summed E-state index contributed by atoms with van der Waals surface area (Å²) >= 11 is 0. The third-order valence-electron chi connectivity index (χ3n) is 4.00. The van der Waals surface area contributed by atoms with Crippen molar-refractivity contribution in [3.05, 3.63) is 12.2 Å². The van der Waals surface area contributed by atoms with Crippen LogP contribution in [0.25, 0.3) is 0 Å². The third kappa shape index (κ3) is 7.72. The highest BCUT2D eigenvalue weighted by molar-refractivity contribution is 5.16. The summed E-state index contributed by atoms with van der Waals surface area (Å²) < 4.78 is 0. The predicted molar refractivity (Wildman–Crippen MR) is 86.3 cm³/mol. The molecule has 0 aliphatic heterocycles. The van der Waals surface area contributed by atoms with E-state index in [1.165, 1.54) is 0 Å². The van der Waals surface area contributed by atoms with E-state index in [0.29, 0.717) is 5.92 Å². The summed E-state index contributed by atoms with van der Waals surface area (Å²) in [6.45, 7) is 13.5. The Kier molecular flexibility index (Phi) is 7.55. The van der Waals surface area contributed by atoms with Crippen LogP contribution in [0.4, 0.5) is 0 Å². The van der Waals surface area contributed by atoms with Gasteiger partial charge in [-0.3, -0.25) is 0 Å². The number of hydrogen-bond donors (Lipinski definition) is 2. The molecule has 2 N–H and O–H groups in total. The summed E-state index contributed by atoms with van der Waals surface area (Å²) in [6, 6.07) is 0. The molecule has 2 nitrogen and oxygen atoms in total. The summed E-state index contributed by atoms with van der Waals surface area (Å²) in [5.74, 6) is 2.98. The van der Waals surface area contributed by atoms with Gasteiger partial charge in [0.15, 0.2) is 0 Å². The normalized spacial score (nSPS) is 17.9. The van der Waals surface area contributed by atoms with Crippen LogP contribution in [-0.4, -0.2) is 21.4 Å². The maximum atomic E-state index is 10.2. The summed E-state index contributed by atoms with van der Waals surface area (Å²) in [7, 11) is 0. The molecule has 0 aromatic rings. The topological polar surface area (TPSA) is 40.5 Å². The lowest BCUT2D eigenvalue weighted by Gasteiger charge is -2.30. The molecule has 2 heteroatoms. The molecule has 0 fully saturated rings. The first-order valence-corrected chi connectivity index (χ1v) is 7.57. The molecule has 20 heavy (non-hydrogen) atoms. The monoisotopic (exact) mass is 280 g/mol. The second-order valence-electron chi connectivity index (χ2n) is 7.08. The van der Waals surface area contributed by atoms with Crippen molar-refractivity contribution in [2.24, 2.45) is 11.8 Å². The smallest absolute Gasteiger partial charge is 0.128 e. The van der Waals surface area contributed by atoms with E-state index in [-0.39, 0.29) is 5.92 Å². The highest BCUT2D eigenvalue weighted by Crippen LogP contribution is 2.30. The van der Waals surface area contributed by atoms with Crippen LogP contribution < -0.4 is 0 Å². The van der Waals surface area contributed by atoms with Crippen LogP contribution >= 0.6 is 0 Å². The fourth-order valence-electron chi connectivity index (χ4n) is 2.59. The van der Waals surface area contributed by atoms with E-state index < -0.39 is 11.2 Å². The Labute approximate surface area is 125 Å². The first-order chi connectivity index (χ1) is 8.99. The van der Waals surface area contributed by atoms with Crippen molar-refractivity contribution in [2.45, 2.75) is 77.9 Å². The standard InChI is InChI=1S/C18H32O2/c1-8-18(7,20)16(14(2)3)12-11-15(4)10-9-13-17(5,6)19/h1,15-16,19-20H,2,9-13H2,3-7H3. The lowest BCUT2D eigenvalue weighted by molar-refractivity contribution is 0.0626. The molecular formula is C18H32O2. The molecule has 0 saturated heterocycles. The van der Waals surface area contributed by atoms with Gasteiger partial charge in [0.25, 0.3) is 0 Å². The van der Waals surface area contributed by atoms with Crippen LogP contribution in [0.5, 0.6) is 0 Å². The average molecular weight is 280 g/mol. The maximum absolute atomic E-state index is 10.2. The zero-order chi connectivity index (χ0) is 16.0. The largest absolute Gasteiger partial charge is 0.390 e. The third-order valence-corrected chi connectivity index (χ3v) is 4.00. The summed E-state index contributed by atoms with van der Waals surface area (Å²) in [6.07, 6.45) is 10.2. The zero-order valence-electron chi connectivity index (χ0n) is 13.9. The van der Waals surface area contributed by atoms with E-state index >= 15 is 0 Å². The van der Waals surface area contributed by atoms with Gasteiger partial charge < -0.3 is 10.2 Å². The Morgan fingerprint density at radius 3 is 2.15 bits per heavy atom. The van der Waals surface area contributed by atoms with Crippen molar-refractivity contribution in [2.75, 3.05) is 0 Å². The minimum Gasteiger partial charge on any atom is -0.390 e. The summed E-state index contributed by atoms with van der Waals surface area (Å²) in [5.41, 5.74) is -0.747. The van der Waals surface area contributed by atoms with Gasteiger partial charge in [-0.2, -0.15) is 0 Å². The van der Waals surface area contributed by atoms with Gasteiger partial charge in [-0.25, -0.2) is 0 Å². The van der Waals surface area contributed by atoms with E-state index in [2.05, 4.69) is 19.4 Å². The second kappa shape index (κ2) is 7.86. The van der Waals surface area contributed by atoms with Crippen LogP contribution in [0.2, 0.25) is 0 Å². The Morgan fingerprint density at radius 2 is 1.75 bits per heavy atom. The predicted octanol–water partition coefficient (Wildman–Crippen LogP) is 3.92. The minimum absolute atomic E-state index is 0.0516.